The van der Waals surface area contributed by atoms with Crippen molar-refractivity contribution in [3.05, 3.63) is 69.4 Å². The molecule has 37 heavy (non-hydrogen) atoms. The Morgan fingerprint density at radius 3 is 2.65 bits per heavy atom. The minimum atomic E-state index is -0.156. The number of hydrogen-bond donors (Lipinski definition) is 1. The monoisotopic (exact) mass is 518 g/mol. The van der Waals surface area contributed by atoms with Gasteiger partial charge in [-0.05, 0) is 49.4 Å². The number of nitrogens with one attached hydrogen (secondary N) is 1. The van der Waals surface area contributed by atoms with Gasteiger partial charge >= 0.3 is 0 Å². The lowest BCUT2D eigenvalue weighted by atomic mass is 10.0. The maximum atomic E-state index is 12.9. The number of carbonyl (C=O) groups is 2. The second kappa shape index (κ2) is 11.9. The van der Waals surface area contributed by atoms with Gasteiger partial charge in [-0.15, -0.1) is 11.3 Å². The molecule has 0 bridgehead atoms. The molecule has 0 radical (unpaired) electrons. The van der Waals surface area contributed by atoms with Gasteiger partial charge in [0.2, 0.25) is 11.8 Å². The molecule has 4 rings (SSSR count). The predicted octanol–water partition coefficient (Wildman–Crippen LogP) is 4.43. The predicted molar refractivity (Wildman–Crippen MR) is 142 cm³/mol. The molecule has 3 heterocycles. The van der Waals surface area contributed by atoms with Gasteiger partial charge in [0.05, 0.1) is 26.3 Å². The van der Waals surface area contributed by atoms with Crippen LogP contribution in [0, 0.1) is 18.3 Å². The van der Waals surface area contributed by atoms with Crippen LogP contribution in [0.4, 0.5) is 5.00 Å². The maximum absolute atomic E-state index is 12.9. The van der Waals surface area contributed by atoms with E-state index in [0.717, 1.165) is 38.6 Å². The topological polar surface area (TPSA) is 105 Å². The number of aryl methyl sites for hydroxylation is 3. The zero-order valence-electron chi connectivity index (χ0n) is 21.3. The highest BCUT2D eigenvalue weighted by atomic mass is 32.1. The van der Waals surface area contributed by atoms with Gasteiger partial charge in [-0.1, -0.05) is 17.7 Å². The van der Waals surface area contributed by atoms with Gasteiger partial charge in [-0.25, -0.2) is 0 Å². The fraction of sp³-hybridized carbons (Fsp3) is 0.357. The maximum Gasteiger partial charge on any atom is 0.225 e. The summed E-state index contributed by atoms with van der Waals surface area (Å²) in [6.07, 6.45) is 5.68. The normalized spacial score (nSPS) is 12.4. The smallest absolute Gasteiger partial charge is 0.225 e. The van der Waals surface area contributed by atoms with Gasteiger partial charge in [-0.2, -0.15) is 5.26 Å². The highest BCUT2D eigenvalue weighted by Gasteiger charge is 2.27. The molecule has 8 nitrogen and oxygen atoms in total. The molecule has 1 N–H and O–H groups in total. The Morgan fingerprint density at radius 1 is 1.14 bits per heavy atom. The fourth-order valence-electron chi connectivity index (χ4n) is 4.56. The third-order valence-corrected chi connectivity index (χ3v) is 7.65. The minimum absolute atomic E-state index is 0.0427. The highest BCUT2D eigenvalue weighted by Crippen LogP contribution is 2.37. The van der Waals surface area contributed by atoms with Crippen molar-refractivity contribution in [2.75, 3.05) is 26.1 Å². The SMILES string of the molecule is COc1ccc(C)cc1CCC(=O)Nc1sc2c(c1C#N)CCN(C(=O)CCc1cnccc1OC)C2. The molecule has 0 spiro atoms. The number of anilines is 1. The molecule has 9 heteroatoms. The molecular weight excluding hydrogens is 488 g/mol. The first-order valence-corrected chi connectivity index (χ1v) is 13.0. The number of fused-ring (bicyclic) bond motifs is 1. The largest absolute Gasteiger partial charge is 0.496 e. The average molecular weight is 519 g/mol. The van der Waals surface area contributed by atoms with Gasteiger partial charge in [0, 0.05) is 42.2 Å². The molecule has 1 aliphatic heterocycles. The Bertz CT molecular complexity index is 1340. The number of nitriles is 1. The summed E-state index contributed by atoms with van der Waals surface area (Å²) in [4.78, 5) is 32.6. The number of benzene rings is 1. The summed E-state index contributed by atoms with van der Waals surface area (Å²) in [6, 6.07) is 9.95. The number of nitrogens with zero attached hydrogens (tertiary/aromatic N) is 3. The van der Waals surface area contributed by atoms with E-state index in [4.69, 9.17) is 9.47 Å². The second-order valence-corrected chi connectivity index (χ2v) is 10.0. The number of hydrogen-bond acceptors (Lipinski definition) is 7. The van der Waals surface area contributed by atoms with Gasteiger partial charge in [0.1, 0.15) is 22.6 Å². The number of methoxy groups -OCH3 is 2. The Balaban J connectivity index is 1.38. The van der Waals surface area contributed by atoms with Crippen LogP contribution in [-0.2, 0) is 35.4 Å². The molecule has 0 fully saturated rings. The highest BCUT2D eigenvalue weighted by molar-refractivity contribution is 7.16. The van der Waals surface area contributed by atoms with Crippen LogP contribution >= 0.6 is 11.3 Å². The van der Waals surface area contributed by atoms with E-state index in [1.807, 2.05) is 30.0 Å². The van der Waals surface area contributed by atoms with E-state index in [-0.39, 0.29) is 18.2 Å². The molecular formula is C28H30N4O4S. The molecule has 0 saturated heterocycles. The van der Waals surface area contributed by atoms with E-state index < -0.39 is 0 Å². The number of aromatic nitrogens is 1. The molecule has 0 saturated carbocycles. The molecule has 2 amide bonds. The molecule has 192 valence electrons. The van der Waals surface area contributed by atoms with E-state index >= 15 is 0 Å². The minimum Gasteiger partial charge on any atom is -0.496 e. The van der Waals surface area contributed by atoms with Crippen molar-refractivity contribution in [2.45, 2.75) is 45.6 Å². The van der Waals surface area contributed by atoms with Crippen LogP contribution in [-0.4, -0.2) is 42.5 Å². The van der Waals surface area contributed by atoms with Crippen molar-refractivity contribution < 1.29 is 19.1 Å². The third kappa shape index (κ3) is 6.09. The van der Waals surface area contributed by atoms with Crippen molar-refractivity contribution in [3.8, 4) is 17.6 Å². The third-order valence-electron chi connectivity index (χ3n) is 6.52. The zero-order valence-corrected chi connectivity index (χ0v) is 22.1. The summed E-state index contributed by atoms with van der Waals surface area (Å²) in [5.74, 6) is 1.37. The van der Waals surface area contributed by atoms with E-state index in [1.165, 1.54) is 11.3 Å². The van der Waals surface area contributed by atoms with E-state index in [2.05, 4.69) is 16.4 Å². The number of thiophene rings is 1. The van der Waals surface area contributed by atoms with Gasteiger partial charge in [0.25, 0.3) is 0 Å². The molecule has 0 atom stereocenters. The number of amides is 2. The Morgan fingerprint density at radius 2 is 1.89 bits per heavy atom. The van der Waals surface area contributed by atoms with E-state index in [9.17, 15) is 14.9 Å². The lowest BCUT2D eigenvalue weighted by Crippen LogP contribution is -2.35. The molecule has 1 aliphatic rings. The Hall–Kier alpha value is -3.90. The zero-order chi connectivity index (χ0) is 26.4. The van der Waals surface area contributed by atoms with Crippen LogP contribution in [0.2, 0.25) is 0 Å². The number of rotatable bonds is 9. The summed E-state index contributed by atoms with van der Waals surface area (Å²) in [6.45, 7) is 2.98. The van der Waals surface area contributed by atoms with Gasteiger partial charge in [-0.3, -0.25) is 14.6 Å². The van der Waals surface area contributed by atoms with Crippen molar-refractivity contribution in [3.63, 3.8) is 0 Å². The lowest BCUT2D eigenvalue weighted by Gasteiger charge is -2.27. The van der Waals surface area contributed by atoms with Crippen LogP contribution in [0.3, 0.4) is 0 Å². The number of ether oxygens (including phenoxy) is 2. The van der Waals surface area contributed by atoms with Crippen LogP contribution in [0.5, 0.6) is 11.5 Å². The lowest BCUT2D eigenvalue weighted by molar-refractivity contribution is -0.132. The van der Waals surface area contributed by atoms with Crippen LogP contribution < -0.4 is 14.8 Å². The summed E-state index contributed by atoms with van der Waals surface area (Å²) in [7, 11) is 3.22. The fourth-order valence-corrected chi connectivity index (χ4v) is 5.79. The van der Waals surface area contributed by atoms with Crippen molar-refractivity contribution >= 4 is 28.2 Å². The van der Waals surface area contributed by atoms with Crippen LogP contribution in [0.25, 0.3) is 0 Å². The summed E-state index contributed by atoms with van der Waals surface area (Å²) < 4.78 is 10.8. The van der Waals surface area contributed by atoms with Crippen molar-refractivity contribution in [1.29, 1.82) is 5.26 Å². The second-order valence-electron chi connectivity index (χ2n) is 8.94. The Labute approximate surface area is 220 Å². The van der Waals surface area contributed by atoms with Gasteiger partial charge in [0.15, 0.2) is 0 Å². The van der Waals surface area contributed by atoms with E-state index in [1.54, 1.807) is 32.7 Å². The summed E-state index contributed by atoms with van der Waals surface area (Å²) in [5.41, 5.74) is 4.41. The van der Waals surface area contributed by atoms with Crippen LogP contribution in [0.15, 0.2) is 36.7 Å². The first kappa shape index (κ1) is 26.2. The number of carbonyl (C=O) groups excluding carboxylic acids is 2. The Kier molecular flexibility index (Phi) is 8.41. The van der Waals surface area contributed by atoms with Crippen LogP contribution in [0.1, 0.15) is 45.5 Å². The number of pyridine rings is 1. The van der Waals surface area contributed by atoms with E-state index in [0.29, 0.717) is 49.3 Å². The van der Waals surface area contributed by atoms with Crippen molar-refractivity contribution in [2.24, 2.45) is 0 Å². The average Bonchev–Trinajstić information content (AvgIpc) is 3.26. The van der Waals surface area contributed by atoms with Crippen molar-refractivity contribution in [1.82, 2.24) is 9.88 Å². The molecule has 2 aromatic heterocycles. The summed E-state index contributed by atoms with van der Waals surface area (Å²) in [5, 5.41) is 13.3. The first-order valence-electron chi connectivity index (χ1n) is 12.2. The molecule has 0 unspecified atom stereocenters. The first-order chi connectivity index (χ1) is 17.9. The molecule has 3 aromatic rings. The standard InChI is InChI=1S/C28H30N4O4S/c1-18-4-7-23(35-2)19(14-18)5-8-26(33)31-28-22(15-29)21-11-13-32(17-25(21)37-28)27(34)9-6-20-16-30-12-10-24(20)36-3/h4,7,10,12,14,16H,5-6,8-9,11,13,17H2,1-3H3,(H,31,33). The molecule has 1 aromatic carbocycles. The van der Waals surface area contributed by atoms with Gasteiger partial charge < -0.3 is 19.7 Å². The summed E-state index contributed by atoms with van der Waals surface area (Å²) >= 11 is 1.39. The molecule has 0 aliphatic carbocycles. The quantitative estimate of drug-likeness (QED) is 0.449.